The number of hydrogen-bond acceptors (Lipinski definition) is 10. The summed E-state index contributed by atoms with van der Waals surface area (Å²) < 4.78 is 2.66. The lowest BCUT2D eigenvalue weighted by molar-refractivity contribution is 0.0872. The van der Waals surface area contributed by atoms with E-state index in [2.05, 4.69) is 127 Å². The molecule has 6 aromatic carbocycles. The first-order valence-corrected chi connectivity index (χ1v) is 31.8. The number of rotatable bonds is 6. The molecule has 12 rings (SSSR count). The third-order valence-electron chi connectivity index (χ3n) is 14.1. The van der Waals surface area contributed by atoms with E-state index in [4.69, 9.17) is 103 Å². The van der Waals surface area contributed by atoms with Crippen molar-refractivity contribution in [1.82, 2.24) is 9.97 Å². The molecule has 0 saturated carbocycles. The zero-order chi connectivity index (χ0) is 58.3. The second-order valence-electron chi connectivity index (χ2n) is 18.2. The Morgan fingerprint density at radius 1 is 0.333 bits per heavy atom. The molecule has 2 aromatic heterocycles. The van der Waals surface area contributed by atoms with Gasteiger partial charge >= 0.3 is 0 Å². The highest BCUT2D eigenvalue weighted by Gasteiger charge is 2.49. The van der Waals surface area contributed by atoms with Gasteiger partial charge in [0, 0.05) is 53.0 Å². The van der Waals surface area contributed by atoms with Crippen LogP contribution in [0.5, 0.6) is 0 Å². The van der Waals surface area contributed by atoms with Gasteiger partial charge in [0.05, 0.1) is 118 Å². The maximum atomic E-state index is 15.1. The number of ketones is 4. The molecule has 4 aliphatic rings. The van der Waals surface area contributed by atoms with Crippen LogP contribution < -0.4 is 9.80 Å². The summed E-state index contributed by atoms with van der Waals surface area (Å²) in [6.45, 7) is 0. The number of imide groups is 2. The number of anilines is 2. The number of aromatic nitrogens is 2. The van der Waals surface area contributed by atoms with E-state index < -0.39 is 58.6 Å². The van der Waals surface area contributed by atoms with Gasteiger partial charge in [-0.05, 0) is 175 Å². The minimum absolute atomic E-state index is 0.00334. The number of Topliss-reactive ketones (excluding diaryl/α,β-unsaturated/α-hetero) is 4. The molecule has 0 bridgehead atoms. The molecular weight excluding hydrogens is 1740 g/mol. The van der Waals surface area contributed by atoms with Crippen LogP contribution in [0.1, 0.15) is 117 Å². The van der Waals surface area contributed by atoms with Crippen molar-refractivity contribution >= 4 is 300 Å². The van der Waals surface area contributed by atoms with Crippen molar-refractivity contribution in [2.45, 2.75) is 18.3 Å². The molecule has 0 fully saturated rings. The molecule has 0 radical (unpaired) electrons. The Balaban J connectivity index is 1.06. The van der Waals surface area contributed by atoms with Gasteiger partial charge in [0.1, 0.15) is 11.8 Å². The van der Waals surface area contributed by atoms with Crippen molar-refractivity contribution in [3.05, 3.63) is 192 Å². The minimum Gasteiger partial charge on any atom is -0.293 e. The number of fused-ring (bicyclic) bond motifs is 6. The van der Waals surface area contributed by atoms with Crippen molar-refractivity contribution in [1.29, 1.82) is 0 Å². The van der Waals surface area contributed by atoms with Gasteiger partial charge in [0.2, 0.25) is 0 Å². The van der Waals surface area contributed by atoms with Crippen molar-refractivity contribution in [2.75, 3.05) is 9.80 Å². The molecule has 8 aromatic rings. The zero-order valence-corrected chi connectivity index (χ0v) is 57.3. The number of halogens is 16. The highest BCUT2D eigenvalue weighted by Crippen LogP contribution is 2.54. The summed E-state index contributed by atoms with van der Waals surface area (Å²) in [7, 11) is 0. The third kappa shape index (κ3) is 8.33. The molecule has 12 nitrogen and oxygen atoms in total. The zero-order valence-electron chi connectivity index (χ0n) is 38.6. The Hall–Kier alpha value is -2.74. The van der Waals surface area contributed by atoms with Gasteiger partial charge in [-0.1, -0.05) is 105 Å². The first kappa shape index (κ1) is 58.6. The summed E-state index contributed by atoms with van der Waals surface area (Å²) in [5, 5.41) is -1.57. The Labute approximate surface area is 561 Å². The highest BCUT2D eigenvalue weighted by molar-refractivity contribution is 9.15. The van der Waals surface area contributed by atoms with Crippen LogP contribution in [0.25, 0.3) is 21.8 Å². The van der Waals surface area contributed by atoms with Gasteiger partial charge in [0.25, 0.3) is 23.6 Å². The van der Waals surface area contributed by atoms with E-state index in [0.29, 0.717) is 17.9 Å². The van der Waals surface area contributed by atoms with Crippen molar-refractivity contribution in [3.63, 3.8) is 0 Å². The second kappa shape index (κ2) is 21.0. The molecule has 81 heavy (non-hydrogen) atoms. The second-order valence-corrected chi connectivity index (χ2v) is 27.5. The van der Waals surface area contributed by atoms with Crippen LogP contribution in [0.2, 0.25) is 40.2 Å². The van der Waals surface area contributed by atoms with E-state index in [1.54, 1.807) is 24.3 Å². The molecule has 0 spiro atoms. The molecule has 2 aliphatic carbocycles. The highest BCUT2D eigenvalue weighted by atomic mass is 79.9. The SMILES string of the molecule is O=C1c2c(Cl)c(Cl)c(Cl)c(Cl)c2C(=O)C1c1ccc2c(N3C(=O)c4c(Br)c(Br)c(Br)c(Br)c4C3=O)c(Cc3ccc4nc(C5C(=O)c6c(Cl)c(Cl)c(Cl)c(Cl)c6C5=O)ccc4c3N3C(=O)c4c(Br)c(Br)c(Br)c(Br)c4C3=O)ccc2n1. The average Bonchev–Trinajstić information content (AvgIpc) is 4.09. The maximum Gasteiger partial charge on any atom is 0.267 e. The van der Waals surface area contributed by atoms with Gasteiger partial charge < -0.3 is 0 Å². The molecule has 404 valence electrons. The standard InChI is InChI=1S/C53H12Br8Cl8N4O8/c54-28-20-21(29(55)33(59)32(28)58)51(79)72(50(20)78)44-10(1-5-14-12(44)3-7-16(70-14)18-46(74)24-25(47(18)75)37(63)41(67)40(66)36(24)62)9-11-2-6-15-13(45(11)73-52(80)22-23(53(73)81)31(57)35(61)34(60)30(22)56)4-8-17(71-15)19-48(76)26-27(49(19)77)39(65)43(69)42(68)38(26)64/h1-8,18-19H,9H2. The molecule has 0 saturated heterocycles. The van der Waals surface area contributed by atoms with Crippen molar-refractivity contribution in [2.24, 2.45) is 0 Å². The van der Waals surface area contributed by atoms with Gasteiger partial charge in [-0.3, -0.25) is 48.3 Å². The Kier molecular flexibility index (Phi) is 15.2. The summed E-state index contributed by atoms with van der Waals surface area (Å²) in [5.41, 5.74) is -0.273. The molecule has 4 amide bonds. The quantitative estimate of drug-likeness (QED) is 0.0676. The number of carbonyl (C=O) groups excluding carboxylic acids is 8. The fraction of sp³-hybridized carbons (Fsp3) is 0.0566. The van der Waals surface area contributed by atoms with Gasteiger partial charge in [-0.2, -0.15) is 0 Å². The van der Waals surface area contributed by atoms with Crippen LogP contribution in [0, 0.1) is 0 Å². The first-order chi connectivity index (χ1) is 38.2. The number of carbonyl (C=O) groups is 8. The number of hydrogen-bond donors (Lipinski definition) is 0. The van der Waals surface area contributed by atoms with E-state index in [0.717, 1.165) is 9.80 Å². The fourth-order valence-electron chi connectivity index (χ4n) is 10.5. The van der Waals surface area contributed by atoms with Crippen LogP contribution >= 0.6 is 220 Å². The summed E-state index contributed by atoms with van der Waals surface area (Å²) in [6, 6.07) is 12.0. The number of benzene rings is 6. The summed E-state index contributed by atoms with van der Waals surface area (Å²) in [4.78, 5) is 128. The van der Waals surface area contributed by atoms with E-state index in [-0.39, 0.29) is 165 Å². The predicted molar refractivity (Wildman–Crippen MR) is 339 cm³/mol. The predicted octanol–water partition coefficient (Wildman–Crippen LogP) is 19.6. The third-order valence-corrected chi connectivity index (χ3v) is 27.2. The van der Waals surface area contributed by atoms with E-state index >= 15 is 19.2 Å². The molecule has 28 heteroatoms. The summed E-state index contributed by atoms with van der Waals surface area (Å²) in [6.07, 6.45) is -0.243. The van der Waals surface area contributed by atoms with Crippen LogP contribution in [-0.2, 0) is 6.42 Å². The normalized spacial score (nSPS) is 15.3. The van der Waals surface area contributed by atoms with E-state index in [1.807, 2.05) is 0 Å². The lowest BCUT2D eigenvalue weighted by Gasteiger charge is -2.24. The van der Waals surface area contributed by atoms with Crippen molar-refractivity contribution in [3.8, 4) is 0 Å². The Bertz CT molecular complexity index is 4110. The van der Waals surface area contributed by atoms with Crippen LogP contribution in [0.4, 0.5) is 11.4 Å². The first-order valence-electron chi connectivity index (χ1n) is 22.5. The molecule has 0 N–H and O–H groups in total. The monoisotopic (exact) mass is 1740 g/mol. The lowest BCUT2D eigenvalue weighted by atomic mass is 9.94. The number of amides is 4. The lowest BCUT2D eigenvalue weighted by Crippen LogP contribution is -2.32. The Morgan fingerprint density at radius 3 is 0.852 bits per heavy atom. The fourth-order valence-corrected chi connectivity index (χ4v) is 17.5. The average molecular weight is 1760 g/mol. The van der Waals surface area contributed by atoms with Crippen LogP contribution in [0.3, 0.4) is 0 Å². The largest absolute Gasteiger partial charge is 0.293 e. The van der Waals surface area contributed by atoms with Crippen LogP contribution in [-0.4, -0.2) is 56.7 Å². The van der Waals surface area contributed by atoms with E-state index in [9.17, 15) is 19.2 Å². The van der Waals surface area contributed by atoms with Gasteiger partial charge in [0.15, 0.2) is 23.1 Å². The minimum atomic E-state index is -1.55. The molecular formula is C53H12Br8Cl8N4O8. The van der Waals surface area contributed by atoms with Crippen LogP contribution in [0.15, 0.2) is 84.3 Å². The molecule has 4 heterocycles. The number of nitrogens with zero attached hydrogens (tertiary/aromatic N) is 4. The van der Waals surface area contributed by atoms with Gasteiger partial charge in [-0.25, -0.2) is 9.80 Å². The Morgan fingerprint density at radius 2 is 0.593 bits per heavy atom. The van der Waals surface area contributed by atoms with E-state index in [1.165, 1.54) is 24.3 Å². The topological polar surface area (TPSA) is 169 Å². The maximum absolute atomic E-state index is 15.1. The smallest absolute Gasteiger partial charge is 0.267 e. The molecule has 0 atom stereocenters. The van der Waals surface area contributed by atoms with Crippen molar-refractivity contribution < 1.29 is 38.4 Å². The molecule has 2 aliphatic heterocycles. The summed E-state index contributed by atoms with van der Waals surface area (Å²) >= 11 is 79.3. The van der Waals surface area contributed by atoms with Gasteiger partial charge in [-0.15, -0.1) is 0 Å². The summed E-state index contributed by atoms with van der Waals surface area (Å²) in [5.74, 6) is -9.17. The number of pyridine rings is 2. The molecule has 0 unspecified atom stereocenters.